The zero-order valence-corrected chi connectivity index (χ0v) is 13.5. The molecule has 2 aromatic heterocycles. The van der Waals surface area contributed by atoms with Crippen LogP contribution >= 0.6 is 12.4 Å². The maximum Gasteiger partial charge on any atom is 0.325 e. The third kappa shape index (κ3) is 3.30. The molecular weight excluding hydrogens is 306 g/mol. The van der Waals surface area contributed by atoms with Gasteiger partial charge in [-0.1, -0.05) is 13.8 Å². The molecule has 0 amide bonds. The van der Waals surface area contributed by atoms with Crippen molar-refractivity contribution in [1.29, 1.82) is 0 Å². The molecule has 1 aliphatic heterocycles. The fraction of sp³-hybridized carbons (Fsp3) is 0.571. The van der Waals surface area contributed by atoms with Crippen molar-refractivity contribution in [3.63, 3.8) is 0 Å². The van der Waals surface area contributed by atoms with E-state index < -0.39 is 5.97 Å². The summed E-state index contributed by atoms with van der Waals surface area (Å²) < 4.78 is 1.38. The minimum atomic E-state index is -0.938. The second-order valence-corrected chi connectivity index (χ2v) is 6.28. The molecule has 3 rings (SSSR count). The number of hydrogen-bond donors (Lipinski definition) is 1. The van der Waals surface area contributed by atoms with Crippen LogP contribution in [0.5, 0.6) is 0 Å². The fourth-order valence-electron chi connectivity index (χ4n) is 2.58. The van der Waals surface area contributed by atoms with Crippen molar-refractivity contribution >= 4 is 35.4 Å². The summed E-state index contributed by atoms with van der Waals surface area (Å²) in [7, 11) is 0. The summed E-state index contributed by atoms with van der Waals surface area (Å²) in [6.07, 6.45) is 5.52. The van der Waals surface area contributed by atoms with E-state index in [4.69, 9.17) is 5.11 Å². The molecule has 0 aromatic carbocycles. The maximum atomic E-state index is 10.8. The van der Waals surface area contributed by atoms with Crippen LogP contribution in [0.25, 0.3) is 11.2 Å². The quantitative estimate of drug-likeness (QED) is 0.928. The van der Waals surface area contributed by atoms with Crippen LogP contribution in [0.15, 0.2) is 12.4 Å². The fourth-order valence-corrected chi connectivity index (χ4v) is 2.58. The SMILES string of the molecule is CC1(C)CCN(c2cnc3cnn(CC(=O)O)c3n2)CC1.Cl. The highest BCUT2D eigenvalue weighted by atomic mass is 35.5. The van der Waals surface area contributed by atoms with E-state index in [9.17, 15) is 4.79 Å². The molecule has 1 fully saturated rings. The molecule has 0 spiro atoms. The number of anilines is 1. The highest BCUT2D eigenvalue weighted by Crippen LogP contribution is 2.31. The Bertz CT molecular complexity index is 675. The average molecular weight is 326 g/mol. The smallest absolute Gasteiger partial charge is 0.325 e. The van der Waals surface area contributed by atoms with Gasteiger partial charge in [0.15, 0.2) is 5.65 Å². The standard InChI is InChI=1S/C14H19N5O2.ClH/c1-14(2)3-5-18(6-4-14)11-8-15-10-7-16-19(9-12(20)21)13(10)17-11;/h7-8H,3-6,9H2,1-2H3,(H,20,21);1H. The number of fused-ring (bicyclic) bond motifs is 1. The number of aliphatic carboxylic acids is 1. The molecule has 22 heavy (non-hydrogen) atoms. The van der Waals surface area contributed by atoms with Gasteiger partial charge in [0, 0.05) is 13.1 Å². The second-order valence-electron chi connectivity index (χ2n) is 6.28. The highest BCUT2D eigenvalue weighted by molar-refractivity contribution is 5.85. The molecular formula is C14H20ClN5O2. The van der Waals surface area contributed by atoms with E-state index in [2.05, 4.69) is 33.8 Å². The van der Waals surface area contributed by atoms with E-state index in [0.717, 1.165) is 31.7 Å². The van der Waals surface area contributed by atoms with E-state index >= 15 is 0 Å². The lowest BCUT2D eigenvalue weighted by molar-refractivity contribution is -0.137. The first-order valence-corrected chi connectivity index (χ1v) is 7.10. The largest absolute Gasteiger partial charge is 0.480 e. The van der Waals surface area contributed by atoms with Gasteiger partial charge >= 0.3 is 5.97 Å². The molecule has 120 valence electrons. The number of carbonyl (C=O) groups is 1. The van der Waals surface area contributed by atoms with Crippen molar-refractivity contribution in [2.45, 2.75) is 33.2 Å². The summed E-state index contributed by atoms with van der Waals surface area (Å²) in [4.78, 5) is 22.0. The lowest BCUT2D eigenvalue weighted by Crippen LogP contribution is -2.37. The van der Waals surface area contributed by atoms with E-state index in [-0.39, 0.29) is 19.0 Å². The molecule has 0 unspecified atom stereocenters. The predicted octanol–water partition coefficient (Wildman–Crippen LogP) is 1.96. The Morgan fingerprint density at radius 3 is 2.64 bits per heavy atom. The maximum absolute atomic E-state index is 10.8. The molecule has 0 radical (unpaired) electrons. The van der Waals surface area contributed by atoms with Crippen molar-refractivity contribution in [1.82, 2.24) is 19.7 Å². The summed E-state index contributed by atoms with van der Waals surface area (Å²) in [5.74, 6) is -0.142. The number of carboxylic acid groups (broad SMARTS) is 1. The van der Waals surface area contributed by atoms with Crippen molar-refractivity contribution in [3.8, 4) is 0 Å². The van der Waals surface area contributed by atoms with Gasteiger partial charge in [0.25, 0.3) is 0 Å². The Morgan fingerprint density at radius 1 is 1.32 bits per heavy atom. The van der Waals surface area contributed by atoms with Crippen LogP contribution in [0.2, 0.25) is 0 Å². The number of piperidine rings is 1. The number of nitrogens with zero attached hydrogens (tertiary/aromatic N) is 5. The summed E-state index contributed by atoms with van der Waals surface area (Å²) in [5.41, 5.74) is 1.52. The number of carboxylic acids is 1. The molecule has 7 nitrogen and oxygen atoms in total. The lowest BCUT2D eigenvalue weighted by Gasteiger charge is -2.37. The first-order valence-electron chi connectivity index (χ1n) is 7.10. The van der Waals surface area contributed by atoms with Gasteiger partial charge in [-0.05, 0) is 18.3 Å². The Kier molecular flexibility index (Phi) is 4.55. The van der Waals surface area contributed by atoms with Crippen molar-refractivity contribution < 1.29 is 9.90 Å². The normalized spacial score (nSPS) is 17.3. The molecule has 2 aromatic rings. The minimum Gasteiger partial charge on any atom is -0.480 e. The second kappa shape index (κ2) is 6.08. The Hall–Kier alpha value is -1.89. The van der Waals surface area contributed by atoms with Gasteiger partial charge in [-0.2, -0.15) is 5.10 Å². The predicted molar refractivity (Wildman–Crippen MR) is 85.4 cm³/mol. The third-order valence-electron chi connectivity index (χ3n) is 4.06. The van der Waals surface area contributed by atoms with Crippen molar-refractivity contribution in [2.75, 3.05) is 18.0 Å². The van der Waals surface area contributed by atoms with Crippen LogP contribution < -0.4 is 4.90 Å². The molecule has 0 aliphatic carbocycles. The molecule has 1 N–H and O–H groups in total. The first-order chi connectivity index (χ1) is 9.94. The zero-order valence-electron chi connectivity index (χ0n) is 12.7. The van der Waals surface area contributed by atoms with Gasteiger partial charge in [0.2, 0.25) is 0 Å². The van der Waals surface area contributed by atoms with Crippen LogP contribution in [0.1, 0.15) is 26.7 Å². The molecule has 1 aliphatic rings. The number of halogens is 1. The van der Waals surface area contributed by atoms with Gasteiger partial charge in [-0.15, -0.1) is 12.4 Å². The molecule has 0 saturated carbocycles. The van der Waals surface area contributed by atoms with Crippen LogP contribution in [0, 0.1) is 5.41 Å². The number of rotatable bonds is 3. The number of aromatic nitrogens is 4. The van der Waals surface area contributed by atoms with E-state index in [1.54, 1.807) is 12.4 Å². The lowest BCUT2D eigenvalue weighted by atomic mass is 9.83. The summed E-state index contributed by atoms with van der Waals surface area (Å²) >= 11 is 0. The van der Waals surface area contributed by atoms with E-state index in [1.807, 2.05) is 0 Å². The van der Waals surface area contributed by atoms with E-state index in [0.29, 0.717) is 16.6 Å². The molecule has 3 heterocycles. The Morgan fingerprint density at radius 2 is 2.00 bits per heavy atom. The topological polar surface area (TPSA) is 84.1 Å². The van der Waals surface area contributed by atoms with Crippen molar-refractivity contribution in [2.24, 2.45) is 5.41 Å². The summed E-state index contributed by atoms with van der Waals surface area (Å²) in [6.45, 7) is 6.25. The number of hydrogen-bond acceptors (Lipinski definition) is 5. The first kappa shape index (κ1) is 16.5. The average Bonchev–Trinajstić information content (AvgIpc) is 2.80. The van der Waals surface area contributed by atoms with Gasteiger partial charge in [-0.3, -0.25) is 4.79 Å². The Labute approximate surface area is 134 Å². The molecule has 8 heteroatoms. The van der Waals surface area contributed by atoms with Gasteiger partial charge < -0.3 is 10.0 Å². The van der Waals surface area contributed by atoms with Crippen LogP contribution in [0.4, 0.5) is 5.82 Å². The van der Waals surface area contributed by atoms with Crippen LogP contribution in [-0.2, 0) is 11.3 Å². The van der Waals surface area contributed by atoms with E-state index in [1.165, 1.54) is 4.68 Å². The van der Waals surface area contributed by atoms with Gasteiger partial charge in [0.1, 0.15) is 17.9 Å². The van der Waals surface area contributed by atoms with Crippen LogP contribution in [0.3, 0.4) is 0 Å². The summed E-state index contributed by atoms with van der Waals surface area (Å²) in [6, 6.07) is 0. The van der Waals surface area contributed by atoms with Crippen molar-refractivity contribution in [3.05, 3.63) is 12.4 Å². The van der Waals surface area contributed by atoms with Gasteiger partial charge in [-0.25, -0.2) is 14.6 Å². The van der Waals surface area contributed by atoms with Gasteiger partial charge in [0.05, 0.1) is 12.4 Å². The zero-order chi connectivity index (χ0) is 15.0. The molecule has 0 bridgehead atoms. The molecule has 0 atom stereocenters. The Balaban J connectivity index is 0.00000176. The third-order valence-corrected chi connectivity index (χ3v) is 4.06. The summed E-state index contributed by atoms with van der Waals surface area (Å²) in [5, 5.41) is 12.9. The monoisotopic (exact) mass is 325 g/mol. The van der Waals surface area contributed by atoms with Crippen LogP contribution in [-0.4, -0.2) is 43.9 Å². The molecule has 1 saturated heterocycles. The minimum absolute atomic E-state index is 0. The highest BCUT2D eigenvalue weighted by Gasteiger charge is 2.26.